The number of pyridine rings is 1. The van der Waals surface area contributed by atoms with Gasteiger partial charge in [0.05, 0.1) is 43.3 Å². The number of anilines is 2. The summed E-state index contributed by atoms with van der Waals surface area (Å²) >= 11 is 1.82. The van der Waals surface area contributed by atoms with Crippen molar-refractivity contribution in [2.75, 3.05) is 32.1 Å². The Bertz CT molecular complexity index is 866. The van der Waals surface area contributed by atoms with Gasteiger partial charge in [-0.05, 0) is 24.3 Å². The molecule has 2 aromatic carbocycles. The van der Waals surface area contributed by atoms with Crippen molar-refractivity contribution in [2.45, 2.75) is 9.79 Å². The van der Waals surface area contributed by atoms with Crippen molar-refractivity contribution >= 4 is 34.2 Å². The molecular weight excluding hydrogens is 338 g/mol. The minimum atomic E-state index is 0. The molecule has 0 radical (unpaired) electrons. The molecular formula is C19H20ClN3S. The predicted octanol–water partition coefficient (Wildman–Crippen LogP) is -0.0140. The number of nitrogens with zero attached hydrogens (tertiary/aromatic N) is 2. The van der Waals surface area contributed by atoms with Gasteiger partial charge in [0.2, 0.25) is 0 Å². The van der Waals surface area contributed by atoms with Gasteiger partial charge in [0.15, 0.2) is 0 Å². The molecule has 3 nitrogen and oxygen atoms in total. The number of fused-ring (bicyclic) bond motifs is 3. The van der Waals surface area contributed by atoms with Gasteiger partial charge < -0.3 is 22.2 Å². The number of nitrogens with one attached hydrogen (secondary N) is 1. The Hall–Kier alpha value is -1.75. The van der Waals surface area contributed by atoms with E-state index in [9.17, 15) is 0 Å². The van der Waals surface area contributed by atoms with Crippen LogP contribution in [-0.2, 0) is 0 Å². The van der Waals surface area contributed by atoms with Crippen molar-refractivity contribution in [1.82, 2.24) is 4.98 Å². The summed E-state index contributed by atoms with van der Waals surface area (Å²) in [6.45, 7) is 2.05. The van der Waals surface area contributed by atoms with E-state index in [-0.39, 0.29) is 12.4 Å². The lowest BCUT2D eigenvalue weighted by atomic mass is 10.2. The molecule has 5 heteroatoms. The van der Waals surface area contributed by atoms with Gasteiger partial charge in [0.1, 0.15) is 5.82 Å². The molecule has 0 amide bonds. The largest absolute Gasteiger partial charge is 1.00 e. The second kappa shape index (κ2) is 7.01. The lowest BCUT2D eigenvalue weighted by Crippen LogP contribution is -3.06. The Morgan fingerprint density at radius 1 is 1.00 bits per heavy atom. The van der Waals surface area contributed by atoms with Gasteiger partial charge >= 0.3 is 0 Å². The lowest BCUT2D eigenvalue weighted by Gasteiger charge is -2.32. The Balaban J connectivity index is 0.00000169. The maximum Gasteiger partial charge on any atom is 0.148 e. The van der Waals surface area contributed by atoms with Crippen LogP contribution in [0.4, 0.5) is 11.5 Å². The third-order valence-corrected chi connectivity index (χ3v) is 5.22. The van der Waals surface area contributed by atoms with Gasteiger partial charge in [0, 0.05) is 10.3 Å². The first-order valence-corrected chi connectivity index (χ1v) is 8.77. The summed E-state index contributed by atoms with van der Waals surface area (Å²) in [5.41, 5.74) is 2.34. The average molecular weight is 358 g/mol. The van der Waals surface area contributed by atoms with E-state index in [0.717, 1.165) is 24.4 Å². The third-order valence-electron chi connectivity index (χ3n) is 4.14. The first-order chi connectivity index (χ1) is 11.2. The van der Waals surface area contributed by atoms with E-state index in [4.69, 9.17) is 4.98 Å². The molecule has 0 saturated carbocycles. The van der Waals surface area contributed by atoms with Crippen LogP contribution in [0.5, 0.6) is 0 Å². The van der Waals surface area contributed by atoms with Crippen molar-refractivity contribution in [2.24, 2.45) is 0 Å². The number of rotatable bonds is 3. The Kier molecular flexibility index (Phi) is 4.99. The summed E-state index contributed by atoms with van der Waals surface area (Å²) in [7, 11) is 4.39. The standard InChI is InChI=1S/C19H19N3S.ClH/c1-21(2)11-12-22-16-9-5-6-10-17(16)23-18-13-14-7-3-4-8-15(14)20-19(18)22;/h3-10,13H,11-12H2,1-2H3;1H. The van der Waals surface area contributed by atoms with Gasteiger partial charge in [-0.3, -0.25) is 0 Å². The maximum absolute atomic E-state index is 4.97. The second-order valence-corrected chi connectivity index (χ2v) is 7.27. The van der Waals surface area contributed by atoms with Crippen LogP contribution >= 0.6 is 11.8 Å². The van der Waals surface area contributed by atoms with E-state index in [1.54, 1.807) is 0 Å². The summed E-state index contributed by atoms with van der Waals surface area (Å²) in [4.78, 5) is 11.4. The monoisotopic (exact) mass is 357 g/mol. The highest BCUT2D eigenvalue weighted by molar-refractivity contribution is 7.99. The molecule has 0 saturated heterocycles. The van der Waals surface area contributed by atoms with Gasteiger partial charge in [-0.1, -0.05) is 42.1 Å². The van der Waals surface area contributed by atoms with Crippen LogP contribution in [0.1, 0.15) is 0 Å². The third kappa shape index (κ3) is 3.09. The zero-order valence-electron chi connectivity index (χ0n) is 13.8. The quantitative estimate of drug-likeness (QED) is 0.712. The number of hydrogen-bond acceptors (Lipinski definition) is 3. The van der Waals surface area contributed by atoms with Gasteiger partial charge in [-0.2, -0.15) is 0 Å². The number of halogens is 1. The predicted molar refractivity (Wildman–Crippen MR) is 97.0 cm³/mol. The van der Waals surface area contributed by atoms with Crippen molar-refractivity contribution in [3.05, 3.63) is 54.6 Å². The molecule has 0 unspecified atom stereocenters. The van der Waals surface area contributed by atoms with Gasteiger partial charge in [-0.25, -0.2) is 4.98 Å². The Morgan fingerprint density at radius 2 is 1.75 bits per heavy atom. The molecule has 0 bridgehead atoms. The molecule has 3 aromatic rings. The van der Waals surface area contributed by atoms with Crippen LogP contribution in [0, 0.1) is 0 Å². The van der Waals surface area contributed by atoms with E-state index in [1.165, 1.54) is 25.8 Å². The fourth-order valence-electron chi connectivity index (χ4n) is 2.92. The van der Waals surface area contributed by atoms with Crippen molar-refractivity contribution in [1.29, 1.82) is 0 Å². The van der Waals surface area contributed by atoms with E-state index in [1.807, 2.05) is 11.8 Å². The number of aromatic nitrogens is 1. The number of benzene rings is 2. The number of quaternary nitrogens is 1. The zero-order chi connectivity index (χ0) is 15.8. The Morgan fingerprint density at radius 3 is 2.58 bits per heavy atom. The summed E-state index contributed by atoms with van der Waals surface area (Å²) in [5.74, 6) is 1.09. The first kappa shape index (κ1) is 17.1. The highest BCUT2D eigenvalue weighted by Crippen LogP contribution is 2.47. The normalized spacial score (nSPS) is 12.7. The summed E-state index contributed by atoms with van der Waals surface area (Å²) in [6, 6.07) is 19.3. The number of hydrogen-bond donors (Lipinski definition) is 1. The minimum Gasteiger partial charge on any atom is -1.00 e. The number of likely N-dealkylation sites (N-methyl/N-ethyl adjacent to an activating group) is 1. The van der Waals surface area contributed by atoms with Crippen LogP contribution in [0.3, 0.4) is 0 Å². The SMILES string of the molecule is C[NH+](C)CCN1c2ccccc2Sc2cc3ccccc3nc21.[Cl-]. The minimum absolute atomic E-state index is 0. The van der Waals surface area contributed by atoms with E-state index >= 15 is 0 Å². The number of para-hydroxylation sites is 2. The van der Waals surface area contributed by atoms with Crippen molar-refractivity contribution in [3.8, 4) is 0 Å². The molecule has 0 atom stereocenters. The topological polar surface area (TPSA) is 20.6 Å². The molecule has 24 heavy (non-hydrogen) atoms. The average Bonchev–Trinajstić information content (AvgIpc) is 2.56. The Labute approximate surface area is 153 Å². The summed E-state index contributed by atoms with van der Waals surface area (Å²) in [6.07, 6.45) is 0. The molecule has 124 valence electrons. The highest BCUT2D eigenvalue weighted by Gasteiger charge is 2.25. The lowest BCUT2D eigenvalue weighted by molar-refractivity contribution is -0.856. The van der Waals surface area contributed by atoms with Crippen molar-refractivity contribution < 1.29 is 17.3 Å². The molecule has 4 rings (SSSR count). The van der Waals surface area contributed by atoms with Crippen LogP contribution in [-0.4, -0.2) is 32.2 Å². The summed E-state index contributed by atoms with van der Waals surface area (Å²) < 4.78 is 0. The molecule has 2 heterocycles. The van der Waals surface area contributed by atoms with E-state index < -0.39 is 0 Å². The summed E-state index contributed by atoms with van der Waals surface area (Å²) in [5, 5.41) is 1.20. The molecule has 1 aliphatic rings. The van der Waals surface area contributed by atoms with E-state index in [0.29, 0.717) is 0 Å². The maximum atomic E-state index is 4.97. The molecule has 1 aliphatic heterocycles. The van der Waals surface area contributed by atoms with Crippen LogP contribution in [0.25, 0.3) is 10.9 Å². The highest BCUT2D eigenvalue weighted by atomic mass is 35.5. The van der Waals surface area contributed by atoms with E-state index in [2.05, 4.69) is 73.6 Å². The molecule has 0 aliphatic carbocycles. The van der Waals surface area contributed by atoms with Crippen LogP contribution in [0.15, 0.2) is 64.4 Å². The smallest absolute Gasteiger partial charge is 0.148 e. The molecule has 0 spiro atoms. The van der Waals surface area contributed by atoms with Crippen LogP contribution < -0.4 is 22.2 Å². The fraction of sp³-hybridized carbons (Fsp3) is 0.211. The second-order valence-electron chi connectivity index (χ2n) is 6.18. The van der Waals surface area contributed by atoms with Gasteiger partial charge in [-0.15, -0.1) is 0 Å². The zero-order valence-corrected chi connectivity index (χ0v) is 15.4. The molecule has 0 fully saturated rings. The van der Waals surface area contributed by atoms with Crippen LogP contribution in [0.2, 0.25) is 0 Å². The molecule has 1 aromatic heterocycles. The van der Waals surface area contributed by atoms with Gasteiger partial charge in [0.25, 0.3) is 0 Å². The molecule has 1 N–H and O–H groups in total. The van der Waals surface area contributed by atoms with Crippen molar-refractivity contribution in [3.63, 3.8) is 0 Å². The fourth-order valence-corrected chi connectivity index (χ4v) is 4.01. The first-order valence-electron chi connectivity index (χ1n) is 7.95.